The Kier molecular flexibility index (Phi) is 3.00. The van der Waals surface area contributed by atoms with E-state index in [1.165, 1.54) is 12.8 Å². The first-order valence-electron chi connectivity index (χ1n) is 7.44. The van der Waals surface area contributed by atoms with Crippen molar-refractivity contribution in [1.82, 2.24) is 19.8 Å². The molecule has 1 saturated carbocycles. The Hall–Kier alpha value is -2.13. The molecule has 1 saturated heterocycles. The highest BCUT2D eigenvalue weighted by Crippen LogP contribution is 2.40. The van der Waals surface area contributed by atoms with Gasteiger partial charge in [-0.2, -0.15) is 10.4 Å². The lowest BCUT2D eigenvalue weighted by atomic mass is 10.2. The third kappa shape index (κ3) is 2.57. The summed E-state index contributed by atoms with van der Waals surface area (Å²) in [5, 5.41) is 17.3. The fourth-order valence-corrected chi connectivity index (χ4v) is 2.96. The van der Waals surface area contributed by atoms with Crippen LogP contribution in [0.5, 0.6) is 0 Å². The van der Waals surface area contributed by atoms with Crippen LogP contribution in [0.1, 0.15) is 48.2 Å². The third-order valence-electron chi connectivity index (χ3n) is 4.29. The molecule has 2 aromatic rings. The maximum atomic E-state index is 8.86. The van der Waals surface area contributed by atoms with Gasteiger partial charge in [-0.25, -0.2) is 0 Å². The van der Waals surface area contributed by atoms with Crippen molar-refractivity contribution in [2.45, 2.75) is 37.8 Å². The van der Waals surface area contributed by atoms with Crippen molar-refractivity contribution in [3.8, 4) is 6.07 Å². The number of nitriles is 1. The first-order valence-corrected chi connectivity index (χ1v) is 7.44. The SMILES string of the molecule is N#Cc1cnn(C2CCN(Cc3cc(C4CC4)on3)C2)c1. The van der Waals surface area contributed by atoms with Gasteiger partial charge in [0, 0.05) is 37.8 Å². The van der Waals surface area contributed by atoms with Crippen LogP contribution in [0.2, 0.25) is 0 Å². The molecule has 6 heteroatoms. The predicted octanol–water partition coefficient (Wildman–Crippen LogP) is 2.07. The van der Waals surface area contributed by atoms with Crippen molar-refractivity contribution in [1.29, 1.82) is 5.26 Å². The zero-order valence-electron chi connectivity index (χ0n) is 11.8. The molecule has 0 aromatic carbocycles. The fraction of sp³-hybridized carbons (Fsp3) is 0.533. The molecule has 108 valence electrons. The largest absolute Gasteiger partial charge is 0.361 e. The number of hydrogen-bond acceptors (Lipinski definition) is 5. The van der Waals surface area contributed by atoms with Crippen LogP contribution in [-0.4, -0.2) is 32.9 Å². The topological polar surface area (TPSA) is 70.9 Å². The molecule has 1 aliphatic carbocycles. The number of rotatable bonds is 4. The van der Waals surface area contributed by atoms with Crippen molar-refractivity contribution in [2.24, 2.45) is 0 Å². The highest BCUT2D eigenvalue weighted by Gasteiger charge is 2.29. The summed E-state index contributed by atoms with van der Waals surface area (Å²) in [6, 6.07) is 4.57. The molecule has 1 atom stereocenters. The van der Waals surface area contributed by atoms with E-state index >= 15 is 0 Å². The van der Waals surface area contributed by atoms with Crippen molar-refractivity contribution in [3.63, 3.8) is 0 Å². The summed E-state index contributed by atoms with van der Waals surface area (Å²) in [4.78, 5) is 2.37. The fourth-order valence-electron chi connectivity index (χ4n) is 2.96. The maximum absolute atomic E-state index is 8.86. The Morgan fingerprint density at radius 2 is 2.29 bits per heavy atom. The lowest BCUT2D eigenvalue weighted by molar-refractivity contribution is 0.296. The maximum Gasteiger partial charge on any atom is 0.140 e. The van der Waals surface area contributed by atoms with Crippen LogP contribution in [0.25, 0.3) is 0 Å². The van der Waals surface area contributed by atoms with Crippen molar-refractivity contribution in [3.05, 3.63) is 35.5 Å². The van der Waals surface area contributed by atoms with Gasteiger partial charge in [-0.1, -0.05) is 5.16 Å². The zero-order valence-corrected chi connectivity index (χ0v) is 11.8. The van der Waals surface area contributed by atoms with Gasteiger partial charge in [0.2, 0.25) is 0 Å². The number of nitrogens with zero attached hydrogens (tertiary/aromatic N) is 5. The summed E-state index contributed by atoms with van der Waals surface area (Å²) >= 11 is 0. The van der Waals surface area contributed by atoms with E-state index in [1.54, 1.807) is 6.20 Å². The summed E-state index contributed by atoms with van der Waals surface area (Å²) in [7, 11) is 0. The van der Waals surface area contributed by atoms with Gasteiger partial charge in [0.25, 0.3) is 0 Å². The quantitative estimate of drug-likeness (QED) is 0.859. The second-order valence-corrected chi connectivity index (χ2v) is 5.99. The van der Waals surface area contributed by atoms with Gasteiger partial charge >= 0.3 is 0 Å². The first-order chi connectivity index (χ1) is 10.3. The molecule has 2 aromatic heterocycles. The summed E-state index contributed by atoms with van der Waals surface area (Å²) in [5.41, 5.74) is 1.65. The molecule has 0 spiro atoms. The van der Waals surface area contributed by atoms with E-state index in [4.69, 9.17) is 9.78 Å². The molecular weight excluding hydrogens is 266 g/mol. The van der Waals surface area contributed by atoms with Crippen molar-refractivity contribution >= 4 is 0 Å². The molecular formula is C15H17N5O. The monoisotopic (exact) mass is 283 g/mol. The summed E-state index contributed by atoms with van der Waals surface area (Å²) in [5.74, 6) is 1.66. The molecule has 0 radical (unpaired) electrons. The van der Waals surface area contributed by atoms with Gasteiger partial charge < -0.3 is 4.52 Å². The Morgan fingerprint density at radius 3 is 3.05 bits per heavy atom. The first kappa shape index (κ1) is 12.6. The molecule has 1 unspecified atom stereocenters. The van der Waals surface area contributed by atoms with Gasteiger partial charge in [0.15, 0.2) is 0 Å². The van der Waals surface area contributed by atoms with E-state index < -0.39 is 0 Å². The summed E-state index contributed by atoms with van der Waals surface area (Å²) < 4.78 is 7.31. The van der Waals surface area contributed by atoms with E-state index in [1.807, 2.05) is 10.9 Å². The number of likely N-dealkylation sites (tertiary alicyclic amines) is 1. The van der Waals surface area contributed by atoms with Gasteiger partial charge in [-0.15, -0.1) is 0 Å². The van der Waals surface area contributed by atoms with Gasteiger partial charge in [0.1, 0.15) is 11.8 Å². The van der Waals surface area contributed by atoms with Crippen LogP contribution in [0, 0.1) is 11.3 Å². The minimum absolute atomic E-state index is 0.349. The molecule has 2 aliphatic rings. The number of hydrogen-bond donors (Lipinski definition) is 0. The van der Waals surface area contributed by atoms with E-state index in [9.17, 15) is 0 Å². The van der Waals surface area contributed by atoms with Gasteiger partial charge in [-0.05, 0) is 19.3 Å². The third-order valence-corrected chi connectivity index (χ3v) is 4.29. The van der Waals surface area contributed by atoms with Crippen LogP contribution in [-0.2, 0) is 6.54 Å². The molecule has 4 rings (SSSR count). The highest BCUT2D eigenvalue weighted by molar-refractivity contribution is 5.22. The number of aromatic nitrogens is 3. The van der Waals surface area contributed by atoms with E-state index in [0.29, 0.717) is 17.5 Å². The van der Waals surface area contributed by atoms with E-state index in [0.717, 1.165) is 37.5 Å². The van der Waals surface area contributed by atoms with Crippen LogP contribution in [0.4, 0.5) is 0 Å². The van der Waals surface area contributed by atoms with Crippen molar-refractivity contribution in [2.75, 3.05) is 13.1 Å². The Bertz CT molecular complexity index is 678. The molecule has 21 heavy (non-hydrogen) atoms. The summed E-state index contributed by atoms with van der Waals surface area (Å²) in [6.07, 6.45) is 6.99. The van der Waals surface area contributed by atoms with Crippen LogP contribution in [0.3, 0.4) is 0 Å². The Balaban J connectivity index is 1.38. The average molecular weight is 283 g/mol. The van der Waals surface area contributed by atoms with Gasteiger partial charge in [0.05, 0.1) is 23.5 Å². The van der Waals surface area contributed by atoms with E-state index in [2.05, 4.69) is 27.3 Å². The van der Waals surface area contributed by atoms with Crippen LogP contribution >= 0.6 is 0 Å². The zero-order chi connectivity index (χ0) is 14.2. The average Bonchev–Trinajstić information content (AvgIpc) is 2.95. The lowest BCUT2D eigenvalue weighted by Crippen LogP contribution is -2.21. The second kappa shape index (κ2) is 5.01. The van der Waals surface area contributed by atoms with Crippen molar-refractivity contribution < 1.29 is 4.52 Å². The molecule has 6 nitrogen and oxygen atoms in total. The molecule has 0 bridgehead atoms. The minimum Gasteiger partial charge on any atom is -0.361 e. The lowest BCUT2D eigenvalue weighted by Gasteiger charge is -2.14. The molecule has 1 aliphatic heterocycles. The Morgan fingerprint density at radius 1 is 1.38 bits per heavy atom. The second-order valence-electron chi connectivity index (χ2n) is 5.99. The standard InChI is InChI=1S/C15H17N5O/c16-6-11-7-17-20(8-11)14-3-4-19(10-14)9-13-5-15(21-18-13)12-1-2-12/h5,7-8,12,14H,1-4,9-10H2. The predicted molar refractivity (Wildman–Crippen MR) is 74.4 cm³/mol. The summed E-state index contributed by atoms with van der Waals surface area (Å²) in [6.45, 7) is 2.80. The molecule has 3 heterocycles. The molecule has 2 fully saturated rings. The smallest absolute Gasteiger partial charge is 0.140 e. The van der Waals surface area contributed by atoms with Gasteiger partial charge in [-0.3, -0.25) is 9.58 Å². The highest BCUT2D eigenvalue weighted by atomic mass is 16.5. The normalized spacial score (nSPS) is 22.5. The molecule has 0 N–H and O–H groups in total. The van der Waals surface area contributed by atoms with Crippen LogP contribution < -0.4 is 0 Å². The Labute approximate surface area is 122 Å². The minimum atomic E-state index is 0.349. The van der Waals surface area contributed by atoms with Crippen LogP contribution in [0.15, 0.2) is 23.0 Å². The van der Waals surface area contributed by atoms with E-state index in [-0.39, 0.29) is 0 Å². The molecule has 0 amide bonds.